The molecule has 0 saturated carbocycles. The summed E-state index contributed by atoms with van der Waals surface area (Å²) in [7, 11) is 0. The summed E-state index contributed by atoms with van der Waals surface area (Å²) in [4.78, 5) is 11.4. The number of carbonyl (C=O) groups excluding carboxylic acids is 1. The number of nitrogens with one attached hydrogen (secondary N) is 1. The molecule has 3 rings (SSSR count). The number of fused-ring (bicyclic) bond motifs is 1. The second-order valence-electron chi connectivity index (χ2n) is 4.53. The lowest BCUT2D eigenvalue weighted by Gasteiger charge is -2.06. The van der Waals surface area contributed by atoms with Crippen LogP contribution >= 0.6 is 0 Å². The maximum absolute atomic E-state index is 13.2. The zero-order valence-corrected chi connectivity index (χ0v) is 10.8. The molecule has 0 bridgehead atoms. The number of furan rings is 1. The van der Waals surface area contributed by atoms with Gasteiger partial charge in [-0.05, 0) is 30.3 Å². The number of hydrogen-bond donors (Lipinski definition) is 1. The molecule has 0 fully saturated rings. The van der Waals surface area contributed by atoms with Gasteiger partial charge in [0.2, 0.25) is 0 Å². The van der Waals surface area contributed by atoms with Crippen LogP contribution in [0.3, 0.4) is 0 Å². The fourth-order valence-corrected chi connectivity index (χ4v) is 2.06. The Morgan fingerprint density at radius 1 is 1.15 bits per heavy atom. The first kappa shape index (κ1) is 12.4. The number of carbonyl (C=O) groups is 1. The Morgan fingerprint density at radius 2 is 1.95 bits per heavy atom. The number of rotatable bonds is 3. The van der Waals surface area contributed by atoms with E-state index in [1.807, 2.05) is 18.2 Å². The van der Waals surface area contributed by atoms with Gasteiger partial charge in [-0.15, -0.1) is 0 Å². The summed E-state index contributed by atoms with van der Waals surface area (Å²) in [6.07, 6.45) is 0. The number of halogens is 1. The summed E-state index contributed by atoms with van der Waals surface area (Å²) in [6.45, 7) is 1.46. The third-order valence-corrected chi connectivity index (χ3v) is 2.99. The normalized spacial score (nSPS) is 10.7. The zero-order valence-electron chi connectivity index (χ0n) is 10.8. The molecule has 1 N–H and O–H groups in total. The first-order valence-electron chi connectivity index (χ1n) is 6.19. The van der Waals surface area contributed by atoms with E-state index in [2.05, 4.69) is 5.32 Å². The van der Waals surface area contributed by atoms with Crippen LogP contribution in [0.2, 0.25) is 0 Å². The largest absolute Gasteiger partial charge is 0.451 e. The van der Waals surface area contributed by atoms with E-state index in [0.29, 0.717) is 22.7 Å². The van der Waals surface area contributed by atoms with Gasteiger partial charge in [-0.3, -0.25) is 4.79 Å². The monoisotopic (exact) mass is 269 g/mol. The molecule has 100 valence electrons. The van der Waals surface area contributed by atoms with Gasteiger partial charge in [0, 0.05) is 18.0 Å². The molecular formula is C16H12FNO2. The summed E-state index contributed by atoms with van der Waals surface area (Å²) >= 11 is 0. The molecule has 3 nitrogen and oxygen atoms in total. The molecule has 0 saturated heterocycles. The third-order valence-electron chi connectivity index (χ3n) is 2.99. The van der Waals surface area contributed by atoms with Gasteiger partial charge in [-0.2, -0.15) is 0 Å². The smallest absolute Gasteiger partial charge is 0.194 e. The van der Waals surface area contributed by atoms with Crippen molar-refractivity contribution in [1.82, 2.24) is 0 Å². The maximum Gasteiger partial charge on any atom is 0.194 e. The van der Waals surface area contributed by atoms with E-state index in [1.165, 1.54) is 19.1 Å². The Hall–Kier alpha value is -2.62. The zero-order chi connectivity index (χ0) is 14.1. The molecule has 0 unspecified atom stereocenters. The lowest BCUT2D eigenvalue weighted by atomic mass is 10.2. The van der Waals surface area contributed by atoms with E-state index in [9.17, 15) is 9.18 Å². The van der Waals surface area contributed by atoms with Crippen molar-refractivity contribution in [2.45, 2.75) is 6.92 Å². The molecule has 0 atom stereocenters. The molecular weight excluding hydrogens is 257 g/mol. The Morgan fingerprint density at radius 3 is 2.70 bits per heavy atom. The van der Waals surface area contributed by atoms with Crippen LogP contribution in [0.1, 0.15) is 17.5 Å². The van der Waals surface area contributed by atoms with Crippen LogP contribution in [0.15, 0.2) is 52.9 Å². The Balaban J connectivity index is 2.05. The summed E-state index contributed by atoms with van der Waals surface area (Å²) in [5.41, 5.74) is 1.90. The Kier molecular flexibility index (Phi) is 2.99. The molecule has 3 aromatic rings. The molecule has 2 aromatic carbocycles. The molecule has 0 aliphatic carbocycles. The van der Waals surface area contributed by atoms with E-state index in [1.54, 1.807) is 18.2 Å². The number of benzene rings is 2. The topological polar surface area (TPSA) is 42.2 Å². The molecule has 0 aliphatic rings. The molecule has 1 aromatic heterocycles. The van der Waals surface area contributed by atoms with Crippen molar-refractivity contribution in [1.29, 1.82) is 0 Å². The number of anilines is 2. The van der Waals surface area contributed by atoms with Gasteiger partial charge in [0.05, 0.1) is 5.69 Å². The number of ketones is 1. The quantitative estimate of drug-likeness (QED) is 0.711. The van der Waals surface area contributed by atoms with E-state index in [0.717, 1.165) is 5.39 Å². The number of hydrogen-bond acceptors (Lipinski definition) is 3. The lowest BCUT2D eigenvalue weighted by molar-refractivity contribution is 0.0989. The van der Waals surface area contributed by atoms with Crippen molar-refractivity contribution in [3.8, 4) is 0 Å². The fourth-order valence-electron chi connectivity index (χ4n) is 2.06. The van der Waals surface area contributed by atoms with E-state index < -0.39 is 0 Å². The molecule has 1 heterocycles. The predicted octanol–water partition coefficient (Wildman–Crippen LogP) is 4.52. The van der Waals surface area contributed by atoms with Crippen molar-refractivity contribution in [2.75, 3.05) is 5.32 Å². The van der Waals surface area contributed by atoms with Crippen LogP contribution in [0.25, 0.3) is 11.0 Å². The standard InChI is InChI=1S/C16H12FNO2/c1-10(19)15-8-11-4-2-7-14(16(11)20-15)18-13-6-3-5-12(17)9-13/h2-9,18H,1H3. The van der Waals surface area contributed by atoms with Crippen LogP contribution in [0.5, 0.6) is 0 Å². The first-order chi connectivity index (χ1) is 9.63. The lowest BCUT2D eigenvalue weighted by Crippen LogP contribution is -1.91. The minimum Gasteiger partial charge on any atom is -0.451 e. The Labute approximate surface area is 115 Å². The molecule has 0 amide bonds. The summed E-state index contributed by atoms with van der Waals surface area (Å²) in [5.74, 6) is -0.127. The number of para-hydroxylation sites is 1. The van der Waals surface area contributed by atoms with Crippen LogP contribution in [-0.2, 0) is 0 Å². The summed E-state index contributed by atoms with van der Waals surface area (Å²) < 4.78 is 18.7. The van der Waals surface area contributed by atoms with Gasteiger partial charge in [-0.1, -0.05) is 18.2 Å². The van der Waals surface area contributed by atoms with Gasteiger partial charge < -0.3 is 9.73 Å². The van der Waals surface area contributed by atoms with E-state index >= 15 is 0 Å². The van der Waals surface area contributed by atoms with Crippen molar-refractivity contribution in [2.24, 2.45) is 0 Å². The predicted molar refractivity (Wildman–Crippen MR) is 75.9 cm³/mol. The highest BCUT2D eigenvalue weighted by Gasteiger charge is 2.11. The number of Topliss-reactive ketones (excluding diaryl/α,β-unsaturated/α-hetero) is 1. The molecule has 20 heavy (non-hydrogen) atoms. The minimum absolute atomic E-state index is 0.127. The fraction of sp³-hybridized carbons (Fsp3) is 0.0625. The van der Waals surface area contributed by atoms with Crippen LogP contribution in [0, 0.1) is 5.82 Å². The third kappa shape index (κ3) is 2.28. The van der Waals surface area contributed by atoms with Crippen molar-refractivity contribution in [3.05, 3.63) is 60.1 Å². The van der Waals surface area contributed by atoms with Crippen molar-refractivity contribution < 1.29 is 13.6 Å². The first-order valence-corrected chi connectivity index (χ1v) is 6.19. The molecule has 0 spiro atoms. The highest BCUT2D eigenvalue weighted by atomic mass is 19.1. The van der Waals surface area contributed by atoms with Gasteiger partial charge in [0.25, 0.3) is 0 Å². The summed E-state index contributed by atoms with van der Waals surface area (Å²) in [6, 6.07) is 13.4. The maximum atomic E-state index is 13.2. The molecule has 0 aliphatic heterocycles. The molecule has 4 heteroatoms. The van der Waals surface area contributed by atoms with Crippen molar-refractivity contribution in [3.63, 3.8) is 0 Å². The van der Waals surface area contributed by atoms with Gasteiger partial charge >= 0.3 is 0 Å². The molecule has 0 radical (unpaired) electrons. The highest BCUT2D eigenvalue weighted by Crippen LogP contribution is 2.29. The average molecular weight is 269 g/mol. The highest BCUT2D eigenvalue weighted by molar-refractivity contribution is 5.99. The van der Waals surface area contributed by atoms with Crippen LogP contribution < -0.4 is 5.32 Å². The summed E-state index contributed by atoms with van der Waals surface area (Å²) in [5, 5.41) is 3.93. The SMILES string of the molecule is CC(=O)c1cc2cccc(Nc3cccc(F)c3)c2o1. The Bertz CT molecular complexity index is 792. The van der Waals surface area contributed by atoms with Crippen LogP contribution in [0.4, 0.5) is 15.8 Å². The average Bonchev–Trinajstić information content (AvgIpc) is 2.84. The second-order valence-corrected chi connectivity index (χ2v) is 4.53. The van der Waals surface area contributed by atoms with E-state index in [-0.39, 0.29) is 11.6 Å². The van der Waals surface area contributed by atoms with Gasteiger partial charge in [0.15, 0.2) is 17.1 Å². The van der Waals surface area contributed by atoms with E-state index in [4.69, 9.17) is 4.42 Å². The minimum atomic E-state index is -0.314. The van der Waals surface area contributed by atoms with Gasteiger partial charge in [-0.25, -0.2) is 4.39 Å². The van der Waals surface area contributed by atoms with Crippen molar-refractivity contribution >= 4 is 28.1 Å². The van der Waals surface area contributed by atoms with Gasteiger partial charge in [0.1, 0.15) is 5.82 Å². The van der Waals surface area contributed by atoms with Crippen LogP contribution in [-0.4, -0.2) is 5.78 Å². The second kappa shape index (κ2) is 4.81.